The van der Waals surface area contributed by atoms with Crippen molar-refractivity contribution in [1.29, 1.82) is 0 Å². The molecule has 1 atom stereocenters. The maximum Gasteiger partial charge on any atom is 0.175 e. The molecule has 1 aromatic carbocycles. The summed E-state index contributed by atoms with van der Waals surface area (Å²) >= 11 is 9.83. The Morgan fingerprint density at radius 3 is 2.68 bits per heavy atom. The Labute approximate surface area is 127 Å². The fourth-order valence-electron chi connectivity index (χ4n) is 2.60. The van der Waals surface area contributed by atoms with E-state index in [0.717, 1.165) is 40.3 Å². The maximum absolute atomic E-state index is 6.38. The van der Waals surface area contributed by atoms with E-state index in [1.807, 2.05) is 6.07 Å². The lowest BCUT2D eigenvalue weighted by atomic mass is 9.92. The minimum Gasteiger partial charge on any atom is -0.492 e. The Hall–Kier alpha value is -0.450. The molecule has 0 aromatic heterocycles. The van der Waals surface area contributed by atoms with Gasteiger partial charge in [0.15, 0.2) is 11.5 Å². The van der Waals surface area contributed by atoms with Crippen LogP contribution < -0.4 is 14.8 Å². The van der Waals surface area contributed by atoms with E-state index in [1.165, 1.54) is 12.8 Å². The third-order valence-corrected chi connectivity index (χ3v) is 4.47. The summed E-state index contributed by atoms with van der Waals surface area (Å²) in [6, 6.07) is 1.88. The van der Waals surface area contributed by atoms with Gasteiger partial charge in [0.05, 0.1) is 18.7 Å². The van der Waals surface area contributed by atoms with Crippen LogP contribution in [0.15, 0.2) is 10.5 Å². The minimum atomic E-state index is 0.603. The van der Waals surface area contributed by atoms with Crippen molar-refractivity contribution >= 4 is 27.5 Å². The largest absolute Gasteiger partial charge is 0.492 e. The first-order valence-corrected chi connectivity index (χ1v) is 7.64. The normalized spacial score (nSPS) is 19.3. The lowest BCUT2D eigenvalue weighted by Gasteiger charge is -2.24. The number of rotatable bonds is 4. The summed E-state index contributed by atoms with van der Waals surface area (Å²) in [5.41, 5.74) is 1.04. The summed E-state index contributed by atoms with van der Waals surface area (Å²) in [5, 5.41) is 4.16. The molecule has 1 unspecified atom stereocenters. The first-order valence-electron chi connectivity index (χ1n) is 6.47. The highest BCUT2D eigenvalue weighted by atomic mass is 79.9. The number of ether oxygens (including phenoxy) is 2. The number of hydrogen-bond acceptors (Lipinski definition) is 3. The smallest absolute Gasteiger partial charge is 0.175 e. The molecule has 0 amide bonds. The van der Waals surface area contributed by atoms with E-state index in [2.05, 4.69) is 21.2 Å². The molecule has 0 aliphatic carbocycles. The minimum absolute atomic E-state index is 0.603. The fraction of sp³-hybridized carbons (Fsp3) is 0.571. The van der Waals surface area contributed by atoms with Crippen LogP contribution in [0.4, 0.5) is 0 Å². The molecule has 5 heteroatoms. The first-order chi connectivity index (χ1) is 9.17. The second-order valence-electron chi connectivity index (χ2n) is 4.80. The average Bonchev–Trinajstić information content (AvgIpc) is 2.42. The number of piperidine rings is 1. The zero-order valence-corrected chi connectivity index (χ0v) is 13.6. The lowest BCUT2D eigenvalue weighted by molar-refractivity contribution is 0.339. The molecule has 3 nitrogen and oxygen atoms in total. The molecule has 1 aliphatic rings. The molecule has 1 aromatic rings. The van der Waals surface area contributed by atoms with E-state index < -0.39 is 0 Å². The van der Waals surface area contributed by atoms with Crippen molar-refractivity contribution in [2.75, 3.05) is 27.3 Å². The predicted molar refractivity (Wildman–Crippen MR) is 81.6 cm³/mol. The van der Waals surface area contributed by atoms with E-state index in [4.69, 9.17) is 21.1 Å². The molecule has 1 fully saturated rings. The first kappa shape index (κ1) is 14.9. The third-order valence-electron chi connectivity index (χ3n) is 3.54. The molecule has 0 saturated carbocycles. The standard InChI is InChI=1S/C14H19BrClNO2/c1-18-13-10(6-9-4-3-5-17-8-9)12(16)7-11(15)14(13)19-2/h7,9,17H,3-6,8H2,1-2H3. The van der Waals surface area contributed by atoms with Crippen LogP contribution >= 0.6 is 27.5 Å². The van der Waals surface area contributed by atoms with Crippen molar-refractivity contribution in [2.45, 2.75) is 19.3 Å². The van der Waals surface area contributed by atoms with Crippen LogP contribution in [-0.4, -0.2) is 27.3 Å². The van der Waals surface area contributed by atoms with Crippen LogP contribution in [-0.2, 0) is 6.42 Å². The van der Waals surface area contributed by atoms with E-state index in [-0.39, 0.29) is 0 Å². The number of benzene rings is 1. The molecular formula is C14H19BrClNO2. The fourth-order valence-corrected chi connectivity index (χ4v) is 3.58. The highest BCUT2D eigenvalue weighted by Gasteiger charge is 2.22. The average molecular weight is 349 g/mol. The maximum atomic E-state index is 6.38. The molecule has 2 rings (SSSR count). The van der Waals surface area contributed by atoms with Gasteiger partial charge < -0.3 is 14.8 Å². The molecule has 1 N–H and O–H groups in total. The zero-order valence-electron chi connectivity index (χ0n) is 11.3. The van der Waals surface area contributed by atoms with Crippen molar-refractivity contribution < 1.29 is 9.47 Å². The SMILES string of the molecule is COc1c(Br)cc(Cl)c(CC2CCCNC2)c1OC. The summed E-state index contributed by atoms with van der Waals surface area (Å²) in [6.45, 7) is 2.16. The van der Waals surface area contributed by atoms with Crippen LogP contribution in [0.2, 0.25) is 5.02 Å². The van der Waals surface area contributed by atoms with Crippen LogP contribution in [0.5, 0.6) is 11.5 Å². The van der Waals surface area contributed by atoms with Gasteiger partial charge in [-0.1, -0.05) is 11.6 Å². The molecule has 0 bridgehead atoms. The van der Waals surface area contributed by atoms with E-state index in [1.54, 1.807) is 14.2 Å². The van der Waals surface area contributed by atoms with Gasteiger partial charge in [-0.3, -0.25) is 0 Å². The third kappa shape index (κ3) is 3.36. The van der Waals surface area contributed by atoms with Gasteiger partial charge in [0, 0.05) is 10.6 Å². The van der Waals surface area contributed by atoms with E-state index in [0.29, 0.717) is 11.7 Å². The van der Waals surface area contributed by atoms with Crippen LogP contribution in [0, 0.1) is 5.92 Å². The van der Waals surface area contributed by atoms with Gasteiger partial charge in [-0.25, -0.2) is 0 Å². The second-order valence-corrected chi connectivity index (χ2v) is 6.06. The molecule has 1 saturated heterocycles. The highest BCUT2D eigenvalue weighted by molar-refractivity contribution is 9.10. The molecule has 0 spiro atoms. The van der Waals surface area contributed by atoms with Gasteiger partial charge in [0.2, 0.25) is 0 Å². The van der Waals surface area contributed by atoms with Crippen LogP contribution in [0.25, 0.3) is 0 Å². The Bertz CT molecular complexity index is 448. The summed E-state index contributed by atoms with van der Waals surface area (Å²) in [4.78, 5) is 0. The van der Waals surface area contributed by atoms with E-state index in [9.17, 15) is 0 Å². The molecule has 1 aliphatic heterocycles. The summed E-state index contributed by atoms with van der Waals surface area (Å²) in [5.74, 6) is 2.06. The van der Waals surface area contributed by atoms with Crippen molar-refractivity contribution in [3.8, 4) is 11.5 Å². The quantitative estimate of drug-likeness (QED) is 0.900. The van der Waals surface area contributed by atoms with Gasteiger partial charge >= 0.3 is 0 Å². The molecule has 0 radical (unpaired) electrons. The summed E-state index contributed by atoms with van der Waals surface area (Å²) < 4.78 is 11.7. The van der Waals surface area contributed by atoms with Gasteiger partial charge in [-0.15, -0.1) is 0 Å². The molecular weight excluding hydrogens is 330 g/mol. The predicted octanol–water partition coefficient (Wildman–Crippen LogP) is 3.66. The number of halogens is 2. The van der Waals surface area contributed by atoms with Crippen molar-refractivity contribution in [1.82, 2.24) is 5.32 Å². The molecule has 19 heavy (non-hydrogen) atoms. The Kier molecular flexibility index (Phi) is 5.37. The molecule has 1 heterocycles. The van der Waals surface area contributed by atoms with Crippen molar-refractivity contribution in [2.24, 2.45) is 5.92 Å². The summed E-state index contributed by atoms with van der Waals surface area (Å²) in [7, 11) is 3.30. The second kappa shape index (κ2) is 6.82. The Morgan fingerprint density at radius 1 is 1.37 bits per heavy atom. The van der Waals surface area contributed by atoms with Crippen molar-refractivity contribution in [3.63, 3.8) is 0 Å². The topological polar surface area (TPSA) is 30.5 Å². The Morgan fingerprint density at radius 2 is 2.11 bits per heavy atom. The summed E-state index contributed by atoms with van der Waals surface area (Å²) in [6.07, 6.45) is 3.36. The number of methoxy groups -OCH3 is 2. The Balaban J connectivity index is 2.32. The van der Waals surface area contributed by atoms with Crippen LogP contribution in [0.1, 0.15) is 18.4 Å². The monoisotopic (exact) mass is 347 g/mol. The van der Waals surface area contributed by atoms with Crippen LogP contribution in [0.3, 0.4) is 0 Å². The van der Waals surface area contributed by atoms with Gasteiger partial charge in [-0.2, -0.15) is 0 Å². The molecule has 106 valence electrons. The van der Waals surface area contributed by atoms with Gasteiger partial charge in [-0.05, 0) is 60.3 Å². The van der Waals surface area contributed by atoms with Gasteiger partial charge in [0.1, 0.15) is 0 Å². The van der Waals surface area contributed by atoms with E-state index >= 15 is 0 Å². The van der Waals surface area contributed by atoms with Gasteiger partial charge in [0.25, 0.3) is 0 Å². The lowest BCUT2D eigenvalue weighted by Crippen LogP contribution is -2.31. The number of hydrogen-bond donors (Lipinski definition) is 1. The highest BCUT2D eigenvalue weighted by Crippen LogP contribution is 2.43. The zero-order chi connectivity index (χ0) is 13.8. The number of nitrogens with one attached hydrogen (secondary N) is 1. The van der Waals surface area contributed by atoms with Crippen molar-refractivity contribution in [3.05, 3.63) is 21.1 Å².